The third kappa shape index (κ3) is 3.72. The number of carbonyl (C=O) groups is 2. The van der Waals surface area contributed by atoms with E-state index in [-0.39, 0.29) is 24.8 Å². The van der Waals surface area contributed by atoms with E-state index in [9.17, 15) is 14.7 Å². The summed E-state index contributed by atoms with van der Waals surface area (Å²) >= 11 is 5.87. The summed E-state index contributed by atoms with van der Waals surface area (Å²) in [4.78, 5) is 27.1. The lowest BCUT2D eigenvalue weighted by Gasteiger charge is -2.23. The van der Waals surface area contributed by atoms with E-state index in [4.69, 9.17) is 11.6 Å². The van der Waals surface area contributed by atoms with E-state index >= 15 is 0 Å². The SMILES string of the molecule is O=C(NCc1ccc(Cl)cc1)[C@@H]1C[C@@H](O)CN1C(=O)c1ccc2cn[nH]c2c1. The van der Waals surface area contributed by atoms with Crippen LogP contribution in [0.3, 0.4) is 0 Å². The highest BCUT2D eigenvalue weighted by Gasteiger charge is 2.39. The van der Waals surface area contributed by atoms with Crippen LogP contribution in [0.2, 0.25) is 5.02 Å². The molecule has 0 spiro atoms. The molecule has 2 heterocycles. The number of amides is 2. The average molecular weight is 399 g/mol. The Labute approximate surface area is 166 Å². The van der Waals surface area contributed by atoms with Crippen LogP contribution in [0.1, 0.15) is 22.3 Å². The first-order valence-electron chi connectivity index (χ1n) is 8.95. The molecule has 4 rings (SSSR count). The van der Waals surface area contributed by atoms with E-state index in [1.807, 2.05) is 12.1 Å². The van der Waals surface area contributed by atoms with Crippen LogP contribution in [0.4, 0.5) is 0 Å². The third-order valence-corrected chi connectivity index (χ3v) is 5.16. The van der Waals surface area contributed by atoms with Crippen LogP contribution in [-0.4, -0.2) is 50.7 Å². The maximum atomic E-state index is 13.0. The van der Waals surface area contributed by atoms with Crippen LogP contribution >= 0.6 is 11.6 Å². The number of nitrogens with one attached hydrogen (secondary N) is 2. The van der Waals surface area contributed by atoms with Gasteiger partial charge in [0.2, 0.25) is 5.91 Å². The van der Waals surface area contributed by atoms with Gasteiger partial charge in [0, 0.05) is 35.5 Å². The highest BCUT2D eigenvalue weighted by molar-refractivity contribution is 6.30. The minimum atomic E-state index is -0.730. The first-order valence-corrected chi connectivity index (χ1v) is 9.33. The summed E-state index contributed by atoms with van der Waals surface area (Å²) < 4.78 is 0. The molecule has 0 unspecified atom stereocenters. The third-order valence-electron chi connectivity index (χ3n) is 4.91. The van der Waals surface area contributed by atoms with Gasteiger partial charge in [0.05, 0.1) is 17.8 Å². The van der Waals surface area contributed by atoms with Crippen molar-refractivity contribution in [3.8, 4) is 0 Å². The number of rotatable bonds is 4. The number of benzene rings is 2. The van der Waals surface area contributed by atoms with Gasteiger partial charge in [0.1, 0.15) is 6.04 Å². The Morgan fingerprint density at radius 3 is 2.82 bits per heavy atom. The average Bonchev–Trinajstić information content (AvgIpc) is 3.32. The van der Waals surface area contributed by atoms with E-state index < -0.39 is 12.1 Å². The van der Waals surface area contributed by atoms with Crippen molar-refractivity contribution >= 4 is 34.3 Å². The van der Waals surface area contributed by atoms with Crippen LogP contribution < -0.4 is 5.32 Å². The maximum absolute atomic E-state index is 13.0. The molecule has 1 fully saturated rings. The zero-order chi connectivity index (χ0) is 19.7. The first-order chi connectivity index (χ1) is 13.5. The van der Waals surface area contributed by atoms with Crippen molar-refractivity contribution in [3.63, 3.8) is 0 Å². The zero-order valence-electron chi connectivity index (χ0n) is 14.9. The highest BCUT2D eigenvalue weighted by Crippen LogP contribution is 2.23. The summed E-state index contributed by atoms with van der Waals surface area (Å²) in [6, 6.07) is 11.7. The molecule has 3 aromatic rings. The molecule has 1 aromatic heterocycles. The Morgan fingerprint density at radius 2 is 2.04 bits per heavy atom. The minimum Gasteiger partial charge on any atom is -0.391 e. The number of hydrogen-bond donors (Lipinski definition) is 3. The number of aromatic nitrogens is 2. The number of aliphatic hydroxyl groups is 1. The quantitative estimate of drug-likeness (QED) is 0.626. The normalized spacial score (nSPS) is 19.1. The van der Waals surface area contributed by atoms with Crippen LogP contribution in [-0.2, 0) is 11.3 Å². The van der Waals surface area contributed by atoms with Gasteiger partial charge in [-0.25, -0.2) is 0 Å². The van der Waals surface area contributed by atoms with Gasteiger partial charge in [-0.2, -0.15) is 5.10 Å². The predicted octanol–water partition coefficient (Wildman–Crippen LogP) is 2.11. The topological polar surface area (TPSA) is 98.3 Å². The summed E-state index contributed by atoms with van der Waals surface area (Å²) in [5.41, 5.74) is 2.09. The van der Waals surface area contributed by atoms with Gasteiger partial charge < -0.3 is 15.3 Å². The van der Waals surface area contributed by atoms with E-state index in [2.05, 4.69) is 15.5 Å². The van der Waals surface area contributed by atoms with Crippen molar-refractivity contribution in [2.45, 2.75) is 25.1 Å². The van der Waals surface area contributed by atoms with Gasteiger partial charge in [-0.05, 0) is 29.8 Å². The molecular formula is C20H19ClN4O3. The molecule has 1 aliphatic heterocycles. The number of carbonyl (C=O) groups excluding carboxylic acids is 2. The zero-order valence-corrected chi connectivity index (χ0v) is 15.7. The van der Waals surface area contributed by atoms with Crippen LogP contribution in [0, 0.1) is 0 Å². The van der Waals surface area contributed by atoms with Gasteiger partial charge in [0.15, 0.2) is 0 Å². The molecular weight excluding hydrogens is 380 g/mol. The Kier molecular flexibility index (Phi) is 5.02. The fourth-order valence-electron chi connectivity index (χ4n) is 3.43. The molecule has 0 saturated carbocycles. The van der Waals surface area contributed by atoms with Gasteiger partial charge in [-0.15, -0.1) is 0 Å². The van der Waals surface area contributed by atoms with Crippen LogP contribution in [0.5, 0.6) is 0 Å². The first kappa shape index (κ1) is 18.5. The van der Waals surface area contributed by atoms with Crippen molar-refractivity contribution in [2.24, 2.45) is 0 Å². The number of hydrogen-bond acceptors (Lipinski definition) is 4. The fourth-order valence-corrected chi connectivity index (χ4v) is 3.56. The second-order valence-electron chi connectivity index (χ2n) is 6.88. The predicted molar refractivity (Wildman–Crippen MR) is 105 cm³/mol. The number of β-amino-alcohol motifs (C(OH)–C–C–N with tert-alkyl or cyclic N) is 1. The van der Waals surface area contributed by atoms with E-state index in [1.165, 1.54) is 4.90 Å². The lowest BCUT2D eigenvalue weighted by Crippen LogP contribution is -2.45. The van der Waals surface area contributed by atoms with Crippen molar-refractivity contribution in [3.05, 3.63) is 64.8 Å². The highest BCUT2D eigenvalue weighted by atomic mass is 35.5. The van der Waals surface area contributed by atoms with E-state index in [0.717, 1.165) is 16.5 Å². The number of nitrogens with zero attached hydrogens (tertiary/aromatic N) is 2. The summed E-state index contributed by atoms with van der Waals surface area (Å²) in [6.07, 6.45) is 1.16. The number of aliphatic hydroxyl groups excluding tert-OH is 1. The minimum absolute atomic E-state index is 0.124. The van der Waals surface area contributed by atoms with Crippen molar-refractivity contribution in [2.75, 3.05) is 6.54 Å². The molecule has 2 amide bonds. The molecule has 3 N–H and O–H groups in total. The van der Waals surface area contributed by atoms with Crippen molar-refractivity contribution < 1.29 is 14.7 Å². The Bertz CT molecular complexity index is 1020. The van der Waals surface area contributed by atoms with E-state index in [1.54, 1.807) is 36.5 Å². The summed E-state index contributed by atoms with van der Waals surface area (Å²) in [7, 11) is 0. The molecule has 2 atom stereocenters. The van der Waals surface area contributed by atoms with Gasteiger partial charge >= 0.3 is 0 Å². The summed E-state index contributed by atoms with van der Waals surface area (Å²) in [5.74, 6) is -0.581. The lowest BCUT2D eigenvalue weighted by atomic mass is 10.1. The number of H-pyrrole nitrogens is 1. The molecule has 1 aliphatic rings. The Hall–Kier alpha value is -2.90. The molecule has 0 bridgehead atoms. The molecule has 2 aromatic carbocycles. The number of halogens is 1. The second-order valence-corrected chi connectivity index (χ2v) is 7.32. The molecule has 0 radical (unpaired) electrons. The fraction of sp³-hybridized carbons (Fsp3) is 0.250. The molecule has 8 heteroatoms. The standard InChI is InChI=1S/C20H19ClN4O3/c21-15-5-1-12(2-6-15)9-22-19(27)18-8-16(26)11-25(18)20(28)13-3-4-14-10-23-24-17(14)7-13/h1-7,10,16,18,26H,8-9,11H2,(H,22,27)(H,23,24)/t16-,18+/m1/s1. The number of fused-ring (bicyclic) bond motifs is 1. The van der Waals surface area contributed by atoms with E-state index in [0.29, 0.717) is 17.1 Å². The maximum Gasteiger partial charge on any atom is 0.254 e. The number of aromatic amines is 1. The largest absolute Gasteiger partial charge is 0.391 e. The van der Waals surface area contributed by atoms with Gasteiger partial charge in [0.25, 0.3) is 5.91 Å². The lowest BCUT2D eigenvalue weighted by molar-refractivity contribution is -0.125. The number of likely N-dealkylation sites (tertiary alicyclic amines) is 1. The summed E-state index contributed by atoms with van der Waals surface area (Å²) in [6.45, 7) is 0.448. The molecule has 144 valence electrons. The molecule has 1 saturated heterocycles. The Morgan fingerprint density at radius 1 is 1.25 bits per heavy atom. The molecule has 0 aliphatic carbocycles. The van der Waals surface area contributed by atoms with Gasteiger partial charge in [-0.1, -0.05) is 29.8 Å². The Balaban J connectivity index is 1.48. The second kappa shape index (κ2) is 7.61. The van der Waals surface area contributed by atoms with Gasteiger partial charge in [-0.3, -0.25) is 14.7 Å². The molecule has 7 nitrogen and oxygen atoms in total. The smallest absolute Gasteiger partial charge is 0.254 e. The molecule has 28 heavy (non-hydrogen) atoms. The van der Waals surface area contributed by atoms with Crippen LogP contribution in [0.25, 0.3) is 10.9 Å². The van der Waals surface area contributed by atoms with Crippen molar-refractivity contribution in [1.82, 2.24) is 20.4 Å². The van der Waals surface area contributed by atoms with Crippen molar-refractivity contribution in [1.29, 1.82) is 0 Å². The monoisotopic (exact) mass is 398 g/mol. The van der Waals surface area contributed by atoms with Crippen LogP contribution in [0.15, 0.2) is 48.7 Å². The summed E-state index contributed by atoms with van der Waals surface area (Å²) in [5, 5.41) is 21.2.